The molecule has 0 unspecified atom stereocenters. The van der Waals surface area contributed by atoms with Crippen molar-refractivity contribution in [2.45, 2.75) is 75.1 Å². The Morgan fingerprint density at radius 1 is 0.643 bits per heavy atom. The van der Waals surface area contributed by atoms with Crippen molar-refractivity contribution in [3.8, 4) is 0 Å². The van der Waals surface area contributed by atoms with Gasteiger partial charge in [0.25, 0.3) is 0 Å². The van der Waals surface area contributed by atoms with Gasteiger partial charge in [-0.25, -0.2) is 0 Å². The Morgan fingerprint density at radius 3 is 1.36 bits per heavy atom. The third kappa shape index (κ3) is 15.9. The molecule has 0 bridgehead atoms. The van der Waals surface area contributed by atoms with Crippen LogP contribution in [-0.4, -0.2) is 0 Å². The molecule has 0 aliphatic rings. The van der Waals surface area contributed by atoms with Gasteiger partial charge >= 0.3 is 101 Å². The molecule has 0 rings (SSSR count). The molecule has 0 aromatic rings. The molecule has 14 heavy (non-hydrogen) atoms. The predicted molar refractivity (Wildman–Crippen MR) is 67.0 cm³/mol. The summed E-state index contributed by atoms with van der Waals surface area (Å²) in [5, 5.41) is 0. The van der Waals surface area contributed by atoms with Gasteiger partial charge in [0, 0.05) is 0 Å². The van der Waals surface area contributed by atoms with Crippen molar-refractivity contribution < 1.29 is 25.8 Å². The minimum atomic E-state index is 0. The summed E-state index contributed by atoms with van der Waals surface area (Å²) < 4.78 is 1.54. The van der Waals surface area contributed by atoms with Gasteiger partial charge in [0.05, 0.1) is 0 Å². The summed E-state index contributed by atoms with van der Waals surface area (Å²) in [7, 11) is 0. The van der Waals surface area contributed by atoms with Crippen molar-refractivity contribution in [1.82, 2.24) is 0 Å². The Bertz CT molecular complexity index is 76.4. The molecule has 0 heterocycles. The standard InChI is InChI=1S/C12H25.BrH.Cd/c1-3-5-7-9-11-12-10-8-6-4-2;;/h1,3-12H2,2H3;1H;. The summed E-state index contributed by atoms with van der Waals surface area (Å²) in [4.78, 5) is 0. The molecule has 0 aliphatic heterocycles. The fourth-order valence-corrected chi connectivity index (χ4v) is 2.67. The molecule has 0 fully saturated rings. The fourth-order valence-electron chi connectivity index (χ4n) is 1.66. The molecule has 0 saturated carbocycles. The van der Waals surface area contributed by atoms with E-state index in [-0.39, 0.29) is 17.0 Å². The zero-order valence-electron chi connectivity index (χ0n) is 9.89. The molecule has 0 saturated heterocycles. The monoisotopic (exact) mass is 363 g/mol. The van der Waals surface area contributed by atoms with Crippen molar-refractivity contribution in [3.63, 3.8) is 0 Å². The van der Waals surface area contributed by atoms with Crippen molar-refractivity contribution in [1.29, 1.82) is 0 Å². The maximum absolute atomic E-state index is 2.29. The average molecular weight is 363 g/mol. The first-order valence-corrected chi connectivity index (χ1v) is 9.06. The number of hydrogen-bond donors (Lipinski definition) is 0. The molecular weight excluding hydrogens is 336 g/mol. The SMILES string of the molecule is Br.CCCCCCCCCCC[CH2][Cd]. The Labute approximate surface area is 117 Å². The van der Waals surface area contributed by atoms with Crippen LogP contribution >= 0.6 is 17.0 Å². The van der Waals surface area contributed by atoms with Gasteiger partial charge in [-0.1, -0.05) is 0 Å². The van der Waals surface area contributed by atoms with Crippen LogP contribution in [0, 0.1) is 0 Å². The Hall–Kier alpha value is 1.40. The van der Waals surface area contributed by atoms with Gasteiger partial charge < -0.3 is 0 Å². The van der Waals surface area contributed by atoms with Gasteiger partial charge in [0.15, 0.2) is 0 Å². The maximum atomic E-state index is 2.29. The van der Waals surface area contributed by atoms with Crippen molar-refractivity contribution in [2.24, 2.45) is 0 Å². The van der Waals surface area contributed by atoms with Crippen molar-refractivity contribution in [3.05, 3.63) is 0 Å². The zero-order valence-corrected chi connectivity index (χ0v) is 15.6. The van der Waals surface area contributed by atoms with Crippen LogP contribution < -0.4 is 0 Å². The van der Waals surface area contributed by atoms with E-state index in [2.05, 4.69) is 6.92 Å². The van der Waals surface area contributed by atoms with E-state index in [0.717, 1.165) is 0 Å². The van der Waals surface area contributed by atoms with Gasteiger partial charge in [-0.3, -0.25) is 0 Å². The van der Waals surface area contributed by atoms with Crippen LogP contribution in [0.3, 0.4) is 0 Å². The second-order valence-electron chi connectivity index (χ2n) is 4.04. The van der Waals surface area contributed by atoms with Crippen LogP contribution in [0.15, 0.2) is 0 Å². The Balaban J connectivity index is 0. The second kappa shape index (κ2) is 16.8. The zero-order chi connectivity index (χ0) is 9.78. The third-order valence-electron chi connectivity index (χ3n) is 2.60. The predicted octanol–water partition coefficient (Wildman–Crippen LogP) is 5.45. The third-order valence-corrected chi connectivity index (χ3v) is 4.03. The van der Waals surface area contributed by atoms with E-state index in [1.54, 1.807) is 3.98 Å². The van der Waals surface area contributed by atoms with Crippen LogP contribution in [0.2, 0.25) is 3.98 Å². The molecule has 0 N–H and O–H groups in total. The first-order valence-electron chi connectivity index (χ1n) is 6.21. The van der Waals surface area contributed by atoms with E-state index in [9.17, 15) is 0 Å². The molecule has 0 atom stereocenters. The number of hydrogen-bond acceptors (Lipinski definition) is 0. The topological polar surface area (TPSA) is 0 Å². The molecule has 0 aromatic heterocycles. The van der Waals surface area contributed by atoms with E-state index in [4.69, 9.17) is 0 Å². The number of halogens is 1. The molecule has 0 aliphatic carbocycles. The molecule has 83 valence electrons. The molecule has 0 radical (unpaired) electrons. The van der Waals surface area contributed by atoms with Gasteiger partial charge in [-0.15, -0.1) is 17.0 Å². The molecule has 0 spiro atoms. The van der Waals surface area contributed by atoms with E-state index >= 15 is 0 Å². The van der Waals surface area contributed by atoms with Gasteiger partial charge in [0.2, 0.25) is 0 Å². The first kappa shape index (κ1) is 17.8. The van der Waals surface area contributed by atoms with E-state index in [1.165, 1.54) is 90.0 Å². The van der Waals surface area contributed by atoms with Crippen LogP contribution in [0.5, 0.6) is 0 Å². The van der Waals surface area contributed by atoms with E-state index in [0.29, 0.717) is 0 Å². The fraction of sp³-hybridized carbons (Fsp3) is 1.00. The summed E-state index contributed by atoms with van der Waals surface area (Å²) in [6.07, 6.45) is 14.8. The van der Waals surface area contributed by atoms with Gasteiger partial charge in [0.1, 0.15) is 0 Å². The summed E-state index contributed by atoms with van der Waals surface area (Å²) >= 11 is 1.21. The summed E-state index contributed by atoms with van der Waals surface area (Å²) in [5.41, 5.74) is 0. The molecule has 0 nitrogen and oxygen atoms in total. The van der Waals surface area contributed by atoms with Crippen LogP contribution in [0.1, 0.15) is 71.1 Å². The number of rotatable bonds is 10. The van der Waals surface area contributed by atoms with E-state index in [1.807, 2.05) is 0 Å². The van der Waals surface area contributed by atoms with Crippen molar-refractivity contribution >= 4 is 17.0 Å². The van der Waals surface area contributed by atoms with Gasteiger partial charge in [-0.05, 0) is 0 Å². The quantitative estimate of drug-likeness (QED) is 0.358. The Kier molecular flexibility index (Phi) is 21.4. The van der Waals surface area contributed by atoms with Gasteiger partial charge in [-0.2, -0.15) is 0 Å². The first-order chi connectivity index (χ1) is 6.41. The molecular formula is C12H26BrCd. The second-order valence-corrected chi connectivity index (χ2v) is 6.05. The van der Waals surface area contributed by atoms with Crippen molar-refractivity contribution in [2.75, 3.05) is 0 Å². The molecule has 0 amide bonds. The molecule has 0 aromatic carbocycles. The minimum absolute atomic E-state index is 0. The molecule has 2 heteroatoms. The van der Waals surface area contributed by atoms with Crippen LogP contribution in [0.25, 0.3) is 0 Å². The van der Waals surface area contributed by atoms with Crippen LogP contribution in [-0.2, 0) is 25.8 Å². The van der Waals surface area contributed by atoms with Crippen LogP contribution in [0.4, 0.5) is 0 Å². The normalized spacial score (nSPS) is 9.93. The van der Waals surface area contributed by atoms with E-state index < -0.39 is 0 Å². The summed E-state index contributed by atoms with van der Waals surface area (Å²) in [6, 6.07) is 0. The Morgan fingerprint density at radius 2 is 1.00 bits per heavy atom. The number of unbranched alkanes of at least 4 members (excludes halogenated alkanes) is 9. The summed E-state index contributed by atoms with van der Waals surface area (Å²) in [6.45, 7) is 2.29. The average Bonchev–Trinajstić information content (AvgIpc) is 2.16. The summed E-state index contributed by atoms with van der Waals surface area (Å²) in [5.74, 6) is 0.